The second-order valence-electron chi connectivity index (χ2n) is 4.97. The Kier molecular flexibility index (Phi) is 3.99. The molecular weight excluding hydrogens is 282 g/mol. The topological polar surface area (TPSA) is 109 Å². The quantitative estimate of drug-likeness (QED) is 0.717. The molecule has 1 fully saturated rings. The van der Waals surface area contributed by atoms with Gasteiger partial charge in [-0.15, -0.1) is 0 Å². The van der Waals surface area contributed by atoms with E-state index in [9.17, 15) is 4.79 Å². The Balaban J connectivity index is 1.70. The van der Waals surface area contributed by atoms with E-state index in [0.717, 1.165) is 25.9 Å². The maximum Gasteiger partial charge on any atom is 0.269 e. The molecule has 0 radical (unpaired) electrons. The largest absolute Gasteiger partial charge is 0.393 e. The number of hydrogen-bond acceptors (Lipinski definition) is 7. The molecule has 0 unspecified atom stereocenters. The van der Waals surface area contributed by atoms with E-state index < -0.39 is 0 Å². The fourth-order valence-corrected chi connectivity index (χ4v) is 2.36. The van der Waals surface area contributed by atoms with Crippen molar-refractivity contribution in [3.8, 4) is 0 Å². The summed E-state index contributed by atoms with van der Waals surface area (Å²) in [7, 11) is 0. The van der Waals surface area contributed by atoms with Gasteiger partial charge in [0, 0.05) is 31.0 Å². The lowest BCUT2D eigenvalue weighted by Crippen LogP contribution is -2.31. The van der Waals surface area contributed by atoms with Gasteiger partial charge in [0.25, 0.3) is 5.91 Å². The minimum absolute atomic E-state index is 0.289. The molecule has 4 N–H and O–H groups in total. The van der Waals surface area contributed by atoms with Gasteiger partial charge in [0.15, 0.2) is 11.6 Å². The van der Waals surface area contributed by atoms with Gasteiger partial charge >= 0.3 is 0 Å². The smallest absolute Gasteiger partial charge is 0.269 e. The number of amides is 1. The number of rotatable bonds is 4. The number of carbonyl (C=O) groups is 1. The summed E-state index contributed by atoms with van der Waals surface area (Å²) in [6.45, 7) is 1.87. The Morgan fingerprint density at radius 3 is 2.64 bits per heavy atom. The number of nitrogens with one attached hydrogen (secondary N) is 2. The van der Waals surface area contributed by atoms with Crippen LogP contribution < -0.4 is 21.5 Å². The molecule has 2 aromatic heterocycles. The van der Waals surface area contributed by atoms with Gasteiger partial charge in [-0.2, -0.15) is 0 Å². The lowest BCUT2D eigenvalue weighted by atomic mass is 10.3. The Morgan fingerprint density at radius 1 is 1.18 bits per heavy atom. The van der Waals surface area contributed by atoms with Crippen LogP contribution in [0.2, 0.25) is 0 Å². The molecule has 1 saturated heterocycles. The number of hydrazine groups is 1. The van der Waals surface area contributed by atoms with E-state index in [0.29, 0.717) is 22.9 Å². The van der Waals surface area contributed by atoms with Crippen molar-refractivity contribution in [1.82, 2.24) is 20.4 Å². The standard InChI is InChI=1S/C14H17N7O/c15-11-12(17-9-18-13(11)21-7-1-2-8-21)19-20-14(22)10-3-5-16-6-4-10/h3-6,9H,1-2,7-8,15H2,(H,20,22)(H,17,18,19). The highest BCUT2D eigenvalue weighted by Crippen LogP contribution is 2.28. The highest BCUT2D eigenvalue weighted by molar-refractivity contribution is 5.95. The molecule has 114 valence electrons. The summed E-state index contributed by atoms with van der Waals surface area (Å²) in [6, 6.07) is 3.24. The van der Waals surface area contributed by atoms with E-state index in [1.807, 2.05) is 0 Å². The number of hydrogen-bond donors (Lipinski definition) is 3. The first-order valence-electron chi connectivity index (χ1n) is 7.07. The Morgan fingerprint density at radius 2 is 1.91 bits per heavy atom. The predicted octanol–water partition coefficient (Wildman–Crippen LogP) is 0.811. The van der Waals surface area contributed by atoms with Crippen LogP contribution in [0.15, 0.2) is 30.9 Å². The van der Waals surface area contributed by atoms with Crippen molar-refractivity contribution in [3.05, 3.63) is 36.4 Å². The average Bonchev–Trinajstić information content (AvgIpc) is 3.08. The molecule has 0 bridgehead atoms. The predicted molar refractivity (Wildman–Crippen MR) is 83.2 cm³/mol. The van der Waals surface area contributed by atoms with Gasteiger partial charge in [0.2, 0.25) is 0 Å². The number of pyridine rings is 1. The second-order valence-corrected chi connectivity index (χ2v) is 4.97. The van der Waals surface area contributed by atoms with Crippen molar-refractivity contribution in [2.24, 2.45) is 0 Å². The zero-order chi connectivity index (χ0) is 15.4. The summed E-state index contributed by atoms with van der Waals surface area (Å²) < 4.78 is 0. The molecule has 0 atom stereocenters. The molecule has 0 saturated carbocycles. The first kappa shape index (κ1) is 14.1. The second kappa shape index (κ2) is 6.25. The van der Waals surface area contributed by atoms with Gasteiger partial charge < -0.3 is 10.6 Å². The van der Waals surface area contributed by atoms with Crippen molar-refractivity contribution in [3.63, 3.8) is 0 Å². The Labute approximate surface area is 127 Å². The molecule has 8 heteroatoms. The number of nitrogens with two attached hydrogens (primary N) is 1. The van der Waals surface area contributed by atoms with Crippen LogP contribution in [0, 0.1) is 0 Å². The lowest BCUT2D eigenvalue weighted by Gasteiger charge is -2.19. The van der Waals surface area contributed by atoms with Crippen molar-refractivity contribution in [1.29, 1.82) is 0 Å². The van der Waals surface area contributed by atoms with E-state index in [1.165, 1.54) is 6.33 Å². The molecule has 0 spiro atoms. The van der Waals surface area contributed by atoms with Crippen molar-refractivity contribution in [2.45, 2.75) is 12.8 Å². The van der Waals surface area contributed by atoms with E-state index in [2.05, 4.69) is 30.7 Å². The van der Waals surface area contributed by atoms with Crippen LogP contribution in [0.25, 0.3) is 0 Å². The maximum absolute atomic E-state index is 12.0. The summed E-state index contributed by atoms with van der Waals surface area (Å²) in [5.74, 6) is 0.801. The van der Waals surface area contributed by atoms with Crippen molar-refractivity contribution < 1.29 is 4.79 Å². The highest BCUT2D eigenvalue weighted by atomic mass is 16.2. The molecule has 22 heavy (non-hydrogen) atoms. The van der Waals surface area contributed by atoms with E-state index in [4.69, 9.17) is 5.73 Å². The average molecular weight is 299 g/mol. The SMILES string of the molecule is Nc1c(NNC(=O)c2ccncc2)ncnc1N1CCCC1. The van der Waals surface area contributed by atoms with Gasteiger partial charge in [-0.05, 0) is 25.0 Å². The zero-order valence-electron chi connectivity index (χ0n) is 12.0. The molecule has 0 aromatic carbocycles. The summed E-state index contributed by atoms with van der Waals surface area (Å²) in [5.41, 5.74) is 12.3. The third-order valence-electron chi connectivity index (χ3n) is 3.51. The Bertz CT molecular complexity index is 655. The molecule has 3 rings (SSSR count). The molecule has 1 aliphatic rings. The van der Waals surface area contributed by atoms with Gasteiger partial charge in [-0.25, -0.2) is 9.97 Å². The van der Waals surface area contributed by atoms with Crippen LogP contribution in [0.3, 0.4) is 0 Å². The van der Waals surface area contributed by atoms with Gasteiger partial charge in [-0.3, -0.25) is 20.6 Å². The number of anilines is 3. The number of aromatic nitrogens is 3. The van der Waals surface area contributed by atoms with Gasteiger partial charge in [-0.1, -0.05) is 0 Å². The first-order chi connectivity index (χ1) is 10.8. The fraction of sp³-hybridized carbons (Fsp3) is 0.286. The van der Waals surface area contributed by atoms with E-state index in [1.54, 1.807) is 24.5 Å². The number of carbonyl (C=O) groups excluding carboxylic acids is 1. The number of nitrogen functional groups attached to an aromatic ring is 1. The normalized spacial score (nSPS) is 13.9. The Hall–Kier alpha value is -2.90. The molecule has 1 amide bonds. The van der Waals surface area contributed by atoms with Crippen LogP contribution in [0.1, 0.15) is 23.2 Å². The molecule has 2 aromatic rings. The van der Waals surface area contributed by atoms with Crippen LogP contribution >= 0.6 is 0 Å². The minimum Gasteiger partial charge on any atom is -0.393 e. The van der Waals surface area contributed by atoms with Crippen LogP contribution in [0.4, 0.5) is 17.3 Å². The van der Waals surface area contributed by atoms with E-state index >= 15 is 0 Å². The summed E-state index contributed by atoms with van der Waals surface area (Å²) in [5, 5.41) is 0. The lowest BCUT2D eigenvalue weighted by molar-refractivity contribution is 0.0962. The monoisotopic (exact) mass is 299 g/mol. The first-order valence-corrected chi connectivity index (χ1v) is 7.07. The highest BCUT2D eigenvalue weighted by Gasteiger charge is 2.18. The third kappa shape index (κ3) is 2.90. The minimum atomic E-state index is -0.289. The molecule has 0 aliphatic carbocycles. The maximum atomic E-state index is 12.0. The molecule has 3 heterocycles. The third-order valence-corrected chi connectivity index (χ3v) is 3.51. The summed E-state index contributed by atoms with van der Waals surface area (Å²) in [4.78, 5) is 26.3. The molecule has 8 nitrogen and oxygen atoms in total. The van der Waals surface area contributed by atoms with Crippen LogP contribution in [0.5, 0.6) is 0 Å². The number of nitrogens with zero attached hydrogens (tertiary/aromatic N) is 4. The fourth-order valence-electron chi connectivity index (χ4n) is 2.36. The zero-order valence-corrected chi connectivity index (χ0v) is 12.0. The van der Waals surface area contributed by atoms with Crippen LogP contribution in [-0.2, 0) is 0 Å². The van der Waals surface area contributed by atoms with Crippen LogP contribution in [-0.4, -0.2) is 33.9 Å². The molecular formula is C14H17N7O. The summed E-state index contributed by atoms with van der Waals surface area (Å²) in [6.07, 6.45) is 6.81. The summed E-state index contributed by atoms with van der Waals surface area (Å²) >= 11 is 0. The van der Waals surface area contributed by atoms with E-state index in [-0.39, 0.29) is 5.91 Å². The van der Waals surface area contributed by atoms with Crippen molar-refractivity contribution in [2.75, 3.05) is 29.1 Å². The molecule has 1 aliphatic heterocycles. The van der Waals surface area contributed by atoms with Gasteiger partial charge in [0.05, 0.1) is 0 Å². The van der Waals surface area contributed by atoms with Gasteiger partial charge in [0.1, 0.15) is 12.0 Å². The van der Waals surface area contributed by atoms with Crippen molar-refractivity contribution >= 4 is 23.2 Å².